The van der Waals surface area contributed by atoms with E-state index in [2.05, 4.69) is 5.32 Å². The molecule has 0 aliphatic rings. The van der Waals surface area contributed by atoms with Crippen LogP contribution in [0.4, 0.5) is 0 Å². The number of carbonyl (C=O) groups is 1. The molecule has 2 rings (SSSR count). The van der Waals surface area contributed by atoms with Crippen LogP contribution in [0.3, 0.4) is 0 Å². The Morgan fingerprint density at radius 2 is 1.96 bits per heavy atom. The van der Waals surface area contributed by atoms with E-state index in [4.69, 9.17) is 27.2 Å². The van der Waals surface area contributed by atoms with E-state index < -0.39 is 6.04 Å². The molecule has 23 heavy (non-hydrogen) atoms. The Kier molecular flexibility index (Phi) is 6.40. The summed E-state index contributed by atoms with van der Waals surface area (Å²) in [5, 5.41) is 12.1. The summed E-state index contributed by atoms with van der Waals surface area (Å²) in [6, 6.07) is 14.0. The van der Waals surface area contributed by atoms with Crippen molar-refractivity contribution in [2.45, 2.75) is 19.2 Å². The minimum atomic E-state index is -0.893. The maximum Gasteiger partial charge on any atom is 0.239 e. The maximum atomic E-state index is 11.5. The van der Waals surface area contributed by atoms with Gasteiger partial charge in [0.2, 0.25) is 5.91 Å². The number of ether oxygens (including phenoxy) is 1. The molecule has 122 valence electrons. The van der Waals surface area contributed by atoms with Gasteiger partial charge in [-0.15, -0.1) is 0 Å². The van der Waals surface area contributed by atoms with Gasteiger partial charge in [0.25, 0.3) is 0 Å². The molecule has 0 heterocycles. The third-order valence-electron chi connectivity index (χ3n) is 3.22. The van der Waals surface area contributed by atoms with Crippen molar-refractivity contribution in [2.75, 3.05) is 6.61 Å². The second-order valence-corrected chi connectivity index (χ2v) is 5.51. The normalized spacial score (nSPS) is 11.8. The third kappa shape index (κ3) is 5.56. The zero-order valence-corrected chi connectivity index (χ0v) is 13.3. The number of hydrogen-bond acceptors (Lipinski definition) is 4. The summed E-state index contributed by atoms with van der Waals surface area (Å²) >= 11 is 5.93. The first-order valence-electron chi connectivity index (χ1n) is 7.19. The molecule has 0 aliphatic heterocycles. The summed E-state index contributed by atoms with van der Waals surface area (Å²) in [4.78, 5) is 11.5. The van der Waals surface area contributed by atoms with E-state index in [0.717, 1.165) is 16.9 Å². The van der Waals surface area contributed by atoms with Gasteiger partial charge in [-0.1, -0.05) is 35.9 Å². The third-order valence-corrected chi connectivity index (χ3v) is 3.45. The molecule has 6 heteroatoms. The van der Waals surface area contributed by atoms with Crippen molar-refractivity contribution in [1.82, 2.24) is 5.32 Å². The highest BCUT2D eigenvalue weighted by molar-refractivity contribution is 6.30. The van der Waals surface area contributed by atoms with Crippen LogP contribution in [-0.4, -0.2) is 23.7 Å². The summed E-state index contributed by atoms with van der Waals surface area (Å²) < 4.78 is 5.68. The van der Waals surface area contributed by atoms with E-state index in [9.17, 15) is 4.79 Å². The van der Waals surface area contributed by atoms with Crippen molar-refractivity contribution in [1.29, 1.82) is 0 Å². The van der Waals surface area contributed by atoms with Crippen LogP contribution >= 0.6 is 11.6 Å². The van der Waals surface area contributed by atoms with Crippen LogP contribution in [0.1, 0.15) is 11.1 Å². The summed E-state index contributed by atoms with van der Waals surface area (Å²) in [6.07, 6.45) is 0. The van der Waals surface area contributed by atoms with Crippen molar-refractivity contribution in [3.05, 3.63) is 64.7 Å². The number of halogens is 1. The number of nitrogens with two attached hydrogens (primary N) is 1. The van der Waals surface area contributed by atoms with Gasteiger partial charge in [0.05, 0.1) is 6.61 Å². The van der Waals surface area contributed by atoms with Crippen molar-refractivity contribution < 1.29 is 14.6 Å². The van der Waals surface area contributed by atoms with Crippen LogP contribution in [0.5, 0.6) is 5.75 Å². The molecule has 1 atom stereocenters. The molecule has 0 radical (unpaired) electrons. The summed E-state index contributed by atoms with van der Waals surface area (Å²) in [6.45, 7) is 0.408. The summed E-state index contributed by atoms with van der Waals surface area (Å²) in [5.74, 6) is 0.348. The zero-order valence-electron chi connectivity index (χ0n) is 12.5. The molecule has 4 N–H and O–H groups in total. The fourth-order valence-corrected chi connectivity index (χ4v) is 2.11. The standard InChI is InChI=1S/C17H19ClN2O3/c18-14-3-1-2-13(8-14)11-23-15-6-4-12(5-7-15)9-20-17(22)16(19)10-21/h1-8,16,21H,9-11,19H2,(H,20,22). The number of amides is 1. The molecule has 1 amide bonds. The highest BCUT2D eigenvalue weighted by Gasteiger charge is 2.10. The molecule has 0 aliphatic carbocycles. The second kappa shape index (κ2) is 8.53. The summed E-state index contributed by atoms with van der Waals surface area (Å²) in [7, 11) is 0. The van der Waals surface area contributed by atoms with Crippen molar-refractivity contribution in [3.8, 4) is 5.75 Å². The lowest BCUT2D eigenvalue weighted by Crippen LogP contribution is -2.42. The minimum absolute atomic E-state index is 0.348. The Labute approximate surface area is 140 Å². The predicted molar refractivity (Wildman–Crippen MR) is 89.1 cm³/mol. The fourth-order valence-electron chi connectivity index (χ4n) is 1.90. The molecule has 0 fully saturated rings. The quantitative estimate of drug-likeness (QED) is 0.721. The average Bonchev–Trinajstić information content (AvgIpc) is 2.58. The van der Waals surface area contributed by atoms with Gasteiger partial charge in [-0.3, -0.25) is 4.79 Å². The lowest BCUT2D eigenvalue weighted by Gasteiger charge is -2.10. The number of aliphatic hydroxyl groups is 1. The van der Waals surface area contributed by atoms with Gasteiger partial charge in [0.15, 0.2) is 0 Å². The molecule has 0 aromatic heterocycles. The van der Waals surface area contributed by atoms with E-state index in [1.807, 2.05) is 48.5 Å². The fraction of sp³-hybridized carbons (Fsp3) is 0.235. The molecule has 0 saturated heterocycles. The topological polar surface area (TPSA) is 84.6 Å². The van der Waals surface area contributed by atoms with Gasteiger partial charge >= 0.3 is 0 Å². The molecule has 5 nitrogen and oxygen atoms in total. The average molecular weight is 335 g/mol. The monoisotopic (exact) mass is 334 g/mol. The Morgan fingerprint density at radius 3 is 2.61 bits per heavy atom. The molecular formula is C17H19ClN2O3. The Morgan fingerprint density at radius 1 is 1.22 bits per heavy atom. The molecule has 2 aromatic carbocycles. The molecule has 0 bridgehead atoms. The van der Waals surface area contributed by atoms with E-state index in [-0.39, 0.29) is 12.5 Å². The van der Waals surface area contributed by atoms with Gasteiger partial charge in [-0.05, 0) is 35.4 Å². The molecular weight excluding hydrogens is 316 g/mol. The van der Waals surface area contributed by atoms with E-state index in [1.165, 1.54) is 0 Å². The van der Waals surface area contributed by atoms with Crippen molar-refractivity contribution >= 4 is 17.5 Å². The molecule has 0 spiro atoms. The summed E-state index contributed by atoms with van der Waals surface area (Å²) in [5.41, 5.74) is 7.33. The van der Waals surface area contributed by atoms with Gasteiger partial charge in [0, 0.05) is 11.6 Å². The highest BCUT2D eigenvalue weighted by Crippen LogP contribution is 2.16. The van der Waals surface area contributed by atoms with Crippen LogP contribution < -0.4 is 15.8 Å². The van der Waals surface area contributed by atoms with Crippen LogP contribution in [0.2, 0.25) is 5.02 Å². The number of hydrogen-bond donors (Lipinski definition) is 3. The first-order valence-corrected chi connectivity index (χ1v) is 7.56. The van der Waals surface area contributed by atoms with Crippen LogP contribution in [0.25, 0.3) is 0 Å². The van der Waals surface area contributed by atoms with E-state index in [1.54, 1.807) is 0 Å². The molecule has 0 saturated carbocycles. The zero-order chi connectivity index (χ0) is 16.7. The number of nitrogens with one attached hydrogen (secondary N) is 1. The molecule has 2 aromatic rings. The second-order valence-electron chi connectivity index (χ2n) is 5.07. The van der Waals surface area contributed by atoms with E-state index in [0.29, 0.717) is 18.2 Å². The lowest BCUT2D eigenvalue weighted by molar-refractivity contribution is -0.123. The predicted octanol–water partition coefficient (Wildman–Crippen LogP) is 1.85. The number of rotatable bonds is 7. The molecule has 1 unspecified atom stereocenters. The van der Waals surface area contributed by atoms with Gasteiger partial charge in [-0.25, -0.2) is 0 Å². The van der Waals surface area contributed by atoms with Gasteiger partial charge in [-0.2, -0.15) is 0 Å². The SMILES string of the molecule is NC(CO)C(=O)NCc1ccc(OCc2cccc(Cl)c2)cc1. The van der Waals surface area contributed by atoms with Crippen molar-refractivity contribution in [3.63, 3.8) is 0 Å². The maximum absolute atomic E-state index is 11.5. The Hall–Kier alpha value is -2.08. The van der Waals surface area contributed by atoms with Crippen LogP contribution in [-0.2, 0) is 17.9 Å². The Bertz CT molecular complexity index is 647. The smallest absolute Gasteiger partial charge is 0.239 e. The first kappa shape index (κ1) is 17.3. The number of aliphatic hydroxyl groups excluding tert-OH is 1. The van der Waals surface area contributed by atoms with Crippen LogP contribution in [0, 0.1) is 0 Å². The van der Waals surface area contributed by atoms with Crippen LogP contribution in [0.15, 0.2) is 48.5 Å². The Balaban J connectivity index is 1.83. The highest BCUT2D eigenvalue weighted by atomic mass is 35.5. The van der Waals surface area contributed by atoms with Gasteiger partial charge < -0.3 is 20.9 Å². The number of benzene rings is 2. The van der Waals surface area contributed by atoms with E-state index >= 15 is 0 Å². The first-order chi connectivity index (χ1) is 11.1. The van der Waals surface area contributed by atoms with Gasteiger partial charge in [0.1, 0.15) is 18.4 Å². The number of carbonyl (C=O) groups excluding carboxylic acids is 1. The van der Waals surface area contributed by atoms with Crippen molar-refractivity contribution in [2.24, 2.45) is 5.73 Å². The lowest BCUT2D eigenvalue weighted by atomic mass is 10.2. The largest absolute Gasteiger partial charge is 0.489 e. The minimum Gasteiger partial charge on any atom is -0.489 e.